The van der Waals surface area contributed by atoms with Crippen molar-refractivity contribution in [3.8, 4) is 5.75 Å². The number of aromatic nitrogens is 2. The number of rotatable bonds is 4. The highest BCUT2D eigenvalue weighted by Crippen LogP contribution is 2.28. The Bertz CT molecular complexity index is 742. The van der Waals surface area contributed by atoms with Gasteiger partial charge >= 0.3 is 0 Å². The monoisotopic (exact) mass is 334 g/mol. The van der Waals surface area contributed by atoms with Gasteiger partial charge in [0.25, 0.3) is 5.91 Å². The average Bonchev–Trinajstić information content (AvgIpc) is 2.99. The lowest BCUT2D eigenvalue weighted by atomic mass is 10.1. The lowest BCUT2D eigenvalue weighted by Gasteiger charge is -2.26. The Balaban J connectivity index is 1.84. The fraction of sp³-hybridized carbons (Fsp3) is 0.267. The van der Waals surface area contributed by atoms with Crippen molar-refractivity contribution in [1.29, 1.82) is 0 Å². The summed E-state index contributed by atoms with van der Waals surface area (Å²) < 4.78 is 5.12. The molecule has 7 nitrogen and oxygen atoms in total. The number of alkyl halides is 1. The lowest BCUT2D eigenvalue weighted by molar-refractivity contribution is -0.113. The van der Waals surface area contributed by atoms with Crippen molar-refractivity contribution in [1.82, 2.24) is 10.2 Å². The highest BCUT2D eigenvalue weighted by atomic mass is 35.5. The van der Waals surface area contributed by atoms with E-state index in [-0.39, 0.29) is 17.7 Å². The quantitative estimate of drug-likeness (QED) is 0.835. The van der Waals surface area contributed by atoms with Crippen molar-refractivity contribution in [2.75, 3.05) is 29.8 Å². The van der Waals surface area contributed by atoms with Crippen LogP contribution in [0, 0.1) is 0 Å². The van der Waals surface area contributed by atoms with E-state index >= 15 is 0 Å². The van der Waals surface area contributed by atoms with Gasteiger partial charge in [0.15, 0.2) is 5.82 Å². The van der Waals surface area contributed by atoms with Crippen molar-refractivity contribution in [2.24, 2.45) is 0 Å². The molecule has 2 heterocycles. The topological polar surface area (TPSA) is 87.3 Å². The van der Waals surface area contributed by atoms with Crippen LogP contribution in [-0.2, 0) is 11.2 Å². The smallest absolute Gasteiger partial charge is 0.276 e. The molecule has 3 rings (SSSR count). The van der Waals surface area contributed by atoms with E-state index in [1.165, 1.54) is 0 Å². The van der Waals surface area contributed by atoms with Crippen molar-refractivity contribution < 1.29 is 14.3 Å². The Kier molecular flexibility index (Phi) is 4.20. The van der Waals surface area contributed by atoms with Gasteiger partial charge in [-0.2, -0.15) is 5.10 Å². The molecule has 1 aliphatic heterocycles. The highest BCUT2D eigenvalue weighted by molar-refractivity contribution is 6.29. The van der Waals surface area contributed by atoms with Crippen molar-refractivity contribution in [2.45, 2.75) is 6.42 Å². The number of ether oxygens (including phenoxy) is 1. The molecule has 0 bridgehead atoms. The minimum absolute atomic E-state index is 0.159. The standard InChI is InChI=1S/C15H15ClN4O3/c1-23-10-4-2-9(3-5-10)20-7-6-11-13(15(20)22)18-19-14(11)17-12(21)8-16/h2-5H,6-8H2,1H3,(H2,17,18,19,21). The van der Waals surface area contributed by atoms with Crippen LogP contribution in [0.2, 0.25) is 0 Å². The van der Waals surface area contributed by atoms with Gasteiger partial charge in [0, 0.05) is 17.8 Å². The summed E-state index contributed by atoms with van der Waals surface area (Å²) in [6.07, 6.45) is 0.585. The Morgan fingerprint density at radius 1 is 1.43 bits per heavy atom. The van der Waals surface area contributed by atoms with Gasteiger partial charge in [-0.15, -0.1) is 11.6 Å². The number of hydrogen-bond donors (Lipinski definition) is 2. The number of aromatic amines is 1. The first-order valence-electron chi connectivity index (χ1n) is 7.03. The van der Waals surface area contributed by atoms with Crippen LogP contribution in [0.5, 0.6) is 5.75 Å². The number of H-pyrrole nitrogens is 1. The van der Waals surface area contributed by atoms with Crippen molar-refractivity contribution >= 4 is 34.9 Å². The van der Waals surface area contributed by atoms with Crippen molar-refractivity contribution in [3.63, 3.8) is 0 Å². The number of carbonyl (C=O) groups is 2. The van der Waals surface area contributed by atoms with E-state index in [0.717, 1.165) is 11.4 Å². The zero-order valence-corrected chi connectivity index (χ0v) is 13.2. The third kappa shape index (κ3) is 2.87. The molecule has 0 radical (unpaired) electrons. The molecule has 0 fully saturated rings. The summed E-state index contributed by atoms with van der Waals surface area (Å²) in [5, 5.41) is 9.30. The van der Waals surface area contributed by atoms with Crippen LogP contribution in [-0.4, -0.2) is 41.5 Å². The molecule has 0 saturated heterocycles. The maximum absolute atomic E-state index is 12.6. The van der Waals surface area contributed by atoms with Crippen LogP contribution in [0.25, 0.3) is 0 Å². The molecule has 1 aliphatic rings. The zero-order chi connectivity index (χ0) is 16.4. The number of nitrogens with zero attached hydrogens (tertiary/aromatic N) is 2. The second-order valence-corrected chi connectivity index (χ2v) is 5.28. The number of amides is 2. The van der Waals surface area contributed by atoms with E-state index in [0.29, 0.717) is 30.0 Å². The molecule has 23 heavy (non-hydrogen) atoms. The van der Waals surface area contributed by atoms with Gasteiger partial charge in [-0.1, -0.05) is 0 Å². The van der Waals surface area contributed by atoms with E-state index in [2.05, 4.69) is 15.5 Å². The molecule has 8 heteroatoms. The number of halogens is 1. The summed E-state index contributed by atoms with van der Waals surface area (Å²) in [7, 11) is 1.59. The van der Waals surface area contributed by atoms with Crippen LogP contribution < -0.4 is 15.0 Å². The molecule has 0 saturated carbocycles. The SMILES string of the molecule is COc1ccc(N2CCc3c(NC(=O)CCl)n[nH]c3C2=O)cc1. The van der Waals surface area contributed by atoms with E-state index < -0.39 is 0 Å². The van der Waals surface area contributed by atoms with Gasteiger partial charge in [-0.25, -0.2) is 0 Å². The van der Waals surface area contributed by atoms with Crippen LogP contribution in [0.15, 0.2) is 24.3 Å². The molecule has 0 aliphatic carbocycles. The molecular weight excluding hydrogens is 320 g/mol. The molecule has 2 amide bonds. The molecule has 0 unspecified atom stereocenters. The van der Waals surface area contributed by atoms with E-state index in [4.69, 9.17) is 16.3 Å². The predicted octanol–water partition coefficient (Wildman–Crippen LogP) is 1.80. The van der Waals surface area contributed by atoms with Gasteiger partial charge in [0.2, 0.25) is 5.91 Å². The Morgan fingerprint density at radius 2 is 2.17 bits per heavy atom. The number of benzene rings is 1. The van der Waals surface area contributed by atoms with Gasteiger partial charge < -0.3 is 15.0 Å². The molecule has 120 valence electrons. The number of nitrogens with one attached hydrogen (secondary N) is 2. The highest BCUT2D eigenvalue weighted by Gasteiger charge is 2.30. The Morgan fingerprint density at radius 3 is 2.83 bits per heavy atom. The lowest BCUT2D eigenvalue weighted by Crippen LogP contribution is -2.37. The second-order valence-electron chi connectivity index (χ2n) is 5.01. The molecule has 1 aromatic carbocycles. The normalized spacial score (nSPS) is 13.7. The summed E-state index contributed by atoms with van der Waals surface area (Å²) in [5.41, 5.74) is 1.87. The molecule has 2 aromatic rings. The second kappa shape index (κ2) is 6.29. The van der Waals surface area contributed by atoms with Gasteiger partial charge in [0.1, 0.15) is 17.3 Å². The minimum Gasteiger partial charge on any atom is -0.497 e. The van der Waals surface area contributed by atoms with E-state index in [1.54, 1.807) is 24.1 Å². The third-order valence-electron chi connectivity index (χ3n) is 3.67. The maximum Gasteiger partial charge on any atom is 0.276 e. The number of anilines is 2. The summed E-state index contributed by atoms with van der Waals surface area (Å²) >= 11 is 5.47. The molecule has 0 spiro atoms. The molecule has 1 aromatic heterocycles. The largest absolute Gasteiger partial charge is 0.497 e. The summed E-state index contributed by atoms with van der Waals surface area (Å²) in [6.45, 7) is 0.501. The van der Waals surface area contributed by atoms with E-state index in [1.807, 2.05) is 12.1 Å². The summed E-state index contributed by atoms with van der Waals surface area (Å²) in [6, 6.07) is 7.26. The van der Waals surface area contributed by atoms with Crippen LogP contribution in [0.1, 0.15) is 16.1 Å². The summed E-state index contributed by atoms with van der Waals surface area (Å²) in [5.74, 6) is 0.397. The minimum atomic E-state index is -0.356. The van der Waals surface area contributed by atoms with Crippen LogP contribution in [0.4, 0.5) is 11.5 Å². The van der Waals surface area contributed by atoms with Gasteiger partial charge in [0.05, 0.1) is 7.11 Å². The Hall–Kier alpha value is -2.54. The van der Waals surface area contributed by atoms with Crippen molar-refractivity contribution in [3.05, 3.63) is 35.5 Å². The number of methoxy groups -OCH3 is 1. The molecule has 0 atom stereocenters. The molecule has 2 N–H and O–H groups in total. The van der Waals surface area contributed by atoms with Gasteiger partial charge in [-0.3, -0.25) is 14.7 Å². The van der Waals surface area contributed by atoms with Crippen LogP contribution >= 0.6 is 11.6 Å². The number of fused-ring (bicyclic) bond motifs is 1. The fourth-order valence-corrected chi connectivity index (χ4v) is 2.59. The first-order valence-corrected chi connectivity index (χ1v) is 7.56. The number of carbonyl (C=O) groups excluding carboxylic acids is 2. The molecular formula is C15H15ClN4O3. The van der Waals surface area contributed by atoms with Gasteiger partial charge in [-0.05, 0) is 30.7 Å². The van der Waals surface area contributed by atoms with Crippen LogP contribution in [0.3, 0.4) is 0 Å². The predicted molar refractivity (Wildman–Crippen MR) is 86.3 cm³/mol. The zero-order valence-electron chi connectivity index (χ0n) is 12.4. The van der Waals surface area contributed by atoms with E-state index in [9.17, 15) is 9.59 Å². The average molecular weight is 335 g/mol. The number of hydrogen-bond acceptors (Lipinski definition) is 4. The Labute approximate surface area is 137 Å². The first kappa shape index (κ1) is 15.4. The maximum atomic E-state index is 12.6. The first-order chi connectivity index (χ1) is 11.1. The third-order valence-corrected chi connectivity index (χ3v) is 3.92. The fourth-order valence-electron chi connectivity index (χ4n) is 2.52. The summed E-state index contributed by atoms with van der Waals surface area (Å²) in [4.78, 5) is 25.7.